The van der Waals surface area contributed by atoms with Crippen molar-refractivity contribution in [1.82, 2.24) is 4.90 Å². The van der Waals surface area contributed by atoms with Crippen molar-refractivity contribution in [3.05, 3.63) is 22.4 Å². The molecule has 1 atom stereocenters. The summed E-state index contributed by atoms with van der Waals surface area (Å²) in [6.07, 6.45) is 3.49. The first kappa shape index (κ1) is 11.6. The lowest BCUT2D eigenvalue weighted by Crippen LogP contribution is -2.24. The number of carboxylic acids is 1. The Hall–Kier alpha value is -0.870. The topological polar surface area (TPSA) is 40.5 Å². The van der Waals surface area contributed by atoms with Gasteiger partial charge in [0.05, 0.1) is 0 Å². The van der Waals surface area contributed by atoms with Crippen molar-refractivity contribution in [2.45, 2.75) is 31.7 Å². The third-order valence-corrected chi connectivity index (χ3v) is 3.83. The molecule has 0 amide bonds. The SMILES string of the molecule is O=C(O)CCCN1CCCC1c1ccsc1. The highest BCUT2D eigenvalue weighted by atomic mass is 32.1. The van der Waals surface area contributed by atoms with Crippen LogP contribution in [0.2, 0.25) is 0 Å². The molecule has 1 unspecified atom stereocenters. The molecule has 1 aliphatic heterocycles. The van der Waals surface area contributed by atoms with Crippen LogP contribution in [-0.4, -0.2) is 29.1 Å². The molecule has 1 fully saturated rings. The summed E-state index contributed by atoms with van der Waals surface area (Å²) in [7, 11) is 0. The number of hydrogen-bond acceptors (Lipinski definition) is 3. The molecule has 88 valence electrons. The summed E-state index contributed by atoms with van der Waals surface area (Å²) in [5.74, 6) is -0.689. The summed E-state index contributed by atoms with van der Waals surface area (Å²) in [4.78, 5) is 12.9. The molecule has 2 rings (SSSR count). The maximum atomic E-state index is 10.5. The lowest BCUT2D eigenvalue weighted by atomic mass is 10.1. The van der Waals surface area contributed by atoms with Crippen molar-refractivity contribution < 1.29 is 9.90 Å². The van der Waals surface area contributed by atoms with Crippen LogP contribution in [0.4, 0.5) is 0 Å². The van der Waals surface area contributed by atoms with Gasteiger partial charge in [0.2, 0.25) is 0 Å². The van der Waals surface area contributed by atoms with Crippen molar-refractivity contribution in [3.63, 3.8) is 0 Å². The first-order valence-corrected chi connectivity index (χ1v) is 6.69. The van der Waals surface area contributed by atoms with Crippen molar-refractivity contribution in [1.29, 1.82) is 0 Å². The van der Waals surface area contributed by atoms with Crippen LogP contribution in [-0.2, 0) is 4.79 Å². The van der Waals surface area contributed by atoms with E-state index in [1.807, 2.05) is 0 Å². The Morgan fingerprint density at radius 2 is 2.50 bits per heavy atom. The van der Waals surface area contributed by atoms with Gasteiger partial charge in [-0.3, -0.25) is 9.69 Å². The first-order chi connectivity index (χ1) is 7.77. The van der Waals surface area contributed by atoms with Crippen molar-refractivity contribution >= 4 is 17.3 Å². The number of hydrogen-bond donors (Lipinski definition) is 1. The van der Waals surface area contributed by atoms with E-state index >= 15 is 0 Å². The Labute approximate surface area is 99.7 Å². The zero-order chi connectivity index (χ0) is 11.4. The van der Waals surface area contributed by atoms with Crippen LogP contribution in [0.25, 0.3) is 0 Å². The van der Waals surface area contributed by atoms with Crippen molar-refractivity contribution in [2.24, 2.45) is 0 Å². The van der Waals surface area contributed by atoms with E-state index in [0.29, 0.717) is 6.04 Å². The lowest BCUT2D eigenvalue weighted by molar-refractivity contribution is -0.137. The maximum absolute atomic E-state index is 10.5. The summed E-state index contributed by atoms with van der Waals surface area (Å²) < 4.78 is 0. The van der Waals surface area contributed by atoms with Gasteiger partial charge in [-0.05, 0) is 54.7 Å². The molecule has 0 aliphatic carbocycles. The number of carbonyl (C=O) groups is 1. The van der Waals surface area contributed by atoms with E-state index in [-0.39, 0.29) is 6.42 Å². The van der Waals surface area contributed by atoms with E-state index in [9.17, 15) is 4.79 Å². The Bertz CT molecular complexity index is 337. The average Bonchev–Trinajstić information content (AvgIpc) is 2.84. The molecule has 1 aliphatic rings. The summed E-state index contributed by atoms with van der Waals surface area (Å²) in [5.41, 5.74) is 1.40. The van der Waals surface area contributed by atoms with Gasteiger partial charge in [-0.15, -0.1) is 0 Å². The lowest BCUT2D eigenvalue weighted by Gasteiger charge is -2.23. The zero-order valence-corrected chi connectivity index (χ0v) is 10.1. The Morgan fingerprint density at radius 1 is 1.62 bits per heavy atom. The highest BCUT2D eigenvalue weighted by Crippen LogP contribution is 2.32. The fraction of sp³-hybridized carbons (Fsp3) is 0.583. The molecule has 3 nitrogen and oxygen atoms in total. The average molecular weight is 239 g/mol. The van der Waals surface area contributed by atoms with E-state index in [2.05, 4.69) is 21.7 Å². The number of aliphatic carboxylic acids is 1. The minimum atomic E-state index is -0.689. The minimum absolute atomic E-state index is 0.285. The number of carboxylic acid groups (broad SMARTS) is 1. The molecule has 16 heavy (non-hydrogen) atoms. The molecule has 1 N–H and O–H groups in total. The third-order valence-electron chi connectivity index (χ3n) is 3.13. The van der Waals surface area contributed by atoms with Gasteiger partial charge < -0.3 is 5.11 Å². The van der Waals surface area contributed by atoms with E-state index < -0.39 is 5.97 Å². The van der Waals surface area contributed by atoms with Crippen LogP contribution in [0.15, 0.2) is 16.8 Å². The molecule has 4 heteroatoms. The molecule has 1 saturated heterocycles. The largest absolute Gasteiger partial charge is 0.481 e. The normalized spacial score (nSPS) is 21.4. The van der Waals surface area contributed by atoms with Crippen LogP contribution in [0.3, 0.4) is 0 Å². The van der Waals surface area contributed by atoms with Gasteiger partial charge in [0, 0.05) is 12.5 Å². The smallest absolute Gasteiger partial charge is 0.303 e. The van der Waals surface area contributed by atoms with Gasteiger partial charge >= 0.3 is 5.97 Å². The number of likely N-dealkylation sites (tertiary alicyclic amines) is 1. The second-order valence-electron chi connectivity index (χ2n) is 4.25. The predicted octanol–water partition coefficient (Wildman–Crippen LogP) is 2.75. The fourth-order valence-electron chi connectivity index (χ4n) is 2.37. The highest BCUT2D eigenvalue weighted by molar-refractivity contribution is 7.07. The van der Waals surface area contributed by atoms with Crippen LogP contribution in [0.1, 0.15) is 37.3 Å². The van der Waals surface area contributed by atoms with Crippen LogP contribution < -0.4 is 0 Å². The Balaban J connectivity index is 1.86. The number of nitrogens with zero attached hydrogens (tertiary/aromatic N) is 1. The molecule has 0 radical (unpaired) electrons. The van der Waals surface area contributed by atoms with Crippen LogP contribution >= 0.6 is 11.3 Å². The number of rotatable bonds is 5. The molecule has 0 saturated carbocycles. The molecular weight excluding hydrogens is 222 g/mol. The first-order valence-electron chi connectivity index (χ1n) is 5.75. The van der Waals surface area contributed by atoms with Crippen LogP contribution in [0.5, 0.6) is 0 Å². The van der Waals surface area contributed by atoms with Gasteiger partial charge in [0.15, 0.2) is 0 Å². The predicted molar refractivity (Wildman–Crippen MR) is 64.7 cm³/mol. The van der Waals surface area contributed by atoms with Gasteiger partial charge in [-0.1, -0.05) is 0 Å². The van der Waals surface area contributed by atoms with E-state index in [0.717, 1.165) is 19.5 Å². The second-order valence-corrected chi connectivity index (χ2v) is 5.03. The van der Waals surface area contributed by atoms with Crippen LogP contribution in [0, 0.1) is 0 Å². The van der Waals surface area contributed by atoms with E-state index in [4.69, 9.17) is 5.11 Å². The van der Waals surface area contributed by atoms with Crippen molar-refractivity contribution in [3.8, 4) is 0 Å². The fourth-order valence-corrected chi connectivity index (χ4v) is 3.08. The minimum Gasteiger partial charge on any atom is -0.481 e. The quantitative estimate of drug-likeness (QED) is 0.859. The summed E-state index contributed by atoms with van der Waals surface area (Å²) in [5, 5.41) is 12.9. The standard InChI is InChI=1S/C12H17NO2S/c14-12(15)4-2-7-13-6-1-3-11(13)10-5-8-16-9-10/h5,8-9,11H,1-4,6-7H2,(H,14,15). The molecular formula is C12H17NO2S. The third kappa shape index (κ3) is 2.83. The number of thiophene rings is 1. The van der Waals surface area contributed by atoms with Crippen molar-refractivity contribution in [2.75, 3.05) is 13.1 Å². The summed E-state index contributed by atoms with van der Waals surface area (Å²) in [6, 6.07) is 2.71. The Kier molecular flexibility index (Phi) is 3.96. The molecule has 1 aromatic heterocycles. The molecule has 0 aromatic carbocycles. The van der Waals surface area contributed by atoms with E-state index in [1.165, 1.54) is 18.4 Å². The summed E-state index contributed by atoms with van der Waals surface area (Å²) >= 11 is 1.74. The van der Waals surface area contributed by atoms with Gasteiger partial charge in [0.1, 0.15) is 0 Å². The zero-order valence-electron chi connectivity index (χ0n) is 9.26. The van der Waals surface area contributed by atoms with Gasteiger partial charge in [-0.25, -0.2) is 0 Å². The van der Waals surface area contributed by atoms with Gasteiger partial charge in [0.25, 0.3) is 0 Å². The monoisotopic (exact) mass is 239 g/mol. The molecule has 0 bridgehead atoms. The van der Waals surface area contributed by atoms with E-state index in [1.54, 1.807) is 11.3 Å². The molecule has 0 spiro atoms. The molecule has 2 heterocycles. The van der Waals surface area contributed by atoms with Gasteiger partial charge in [-0.2, -0.15) is 11.3 Å². The molecule has 1 aromatic rings. The second kappa shape index (κ2) is 5.46. The Morgan fingerprint density at radius 3 is 3.19 bits per heavy atom. The highest BCUT2D eigenvalue weighted by Gasteiger charge is 2.25. The summed E-state index contributed by atoms with van der Waals surface area (Å²) in [6.45, 7) is 2.02. The maximum Gasteiger partial charge on any atom is 0.303 e.